The van der Waals surface area contributed by atoms with Gasteiger partial charge in [0.1, 0.15) is 11.2 Å². The molecule has 9 aromatic carbocycles. The van der Waals surface area contributed by atoms with Gasteiger partial charge in [-0.3, -0.25) is 0 Å². The third-order valence-corrected chi connectivity index (χ3v) is 12.1. The molecule has 0 radical (unpaired) electrons. The Bertz CT molecular complexity index is 3220. The highest BCUT2D eigenvalue weighted by atomic mass is 32.1. The summed E-state index contributed by atoms with van der Waals surface area (Å²) in [4.78, 5) is 2.42. The predicted molar refractivity (Wildman–Crippen MR) is 235 cm³/mol. The molecule has 0 aliphatic rings. The van der Waals surface area contributed by atoms with Crippen molar-refractivity contribution in [3.05, 3.63) is 200 Å². The summed E-state index contributed by atoms with van der Waals surface area (Å²) in [5, 5.41) is 7.36. The molecule has 11 rings (SSSR count). The zero-order valence-electron chi connectivity index (χ0n) is 29.8. The number of anilines is 3. The molecule has 11 aromatic rings. The van der Waals surface area contributed by atoms with Gasteiger partial charge < -0.3 is 9.32 Å². The van der Waals surface area contributed by atoms with Crippen LogP contribution >= 0.6 is 11.3 Å². The number of furan rings is 1. The van der Waals surface area contributed by atoms with Gasteiger partial charge in [-0.25, -0.2) is 0 Å². The summed E-state index contributed by atoms with van der Waals surface area (Å²) >= 11 is 1.86. The second kappa shape index (κ2) is 12.9. The first-order valence-corrected chi connectivity index (χ1v) is 19.5. The van der Waals surface area contributed by atoms with Crippen molar-refractivity contribution in [1.82, 2.24) is 0 Å². The van der Waals surface area contributed by atoms with E-state index in [1.54, 1.807) is 0 Å². The van der Waals surface area contributed by atoms with Gasteiger partial charge in [0.2, 0.25) is 0 Å². The molecule has 0 bridgehead atoms. The maximum absolute atomic E-state index is 6.13. The zero-order valence-corrected chi connectivity index (χ0v) is 30.6. The molecule has 0 amide bonds. The van der Waals surface area contributed by atoms with Crippen LogP contribution in [-0.4, -0.2) is 0 Å². The van der Waals surface area contributed by atoms with Crippen LogP contribution in [0.4, 0.5) is 17.1 Å². The van der Waals surface area contributed by atoms with Crippen LogP contribution in [0, 0.1) is 0 Å². The highest BCUT2D eigenvalue weighted by Crippen LogP contribution is 2.46. The largest absolute Gasteiger partial charge is 0.456 e. The van der Waals surface area contributed by atoms with E-state index in [1.807, 2.05) is 23.5 Å². The lowest BCUT2D eigenvalue weighted by molar-refractivity contribution is 0.669. The van der Waals surface area contributed by atoms with E-state index in [2.05, 4.69) is 193 Å². The molecule has 0 fully saturated rings. The maximum atomic E-state index is 6.13. The van der Waals surface area contributed by atoms with E-state index < -0.39 is 0 Å². The highest BCUT2D eigenvalue weighted by Gasteiger charge is 2.19. The number of rotatable bonds is 6. The maximum Gasteiger partial charge on any atom is 0.135 e. The van der Waals surface area contributed by atoms with Crippen molar-refractivity contribution in [2.24, 2.45) is 0 Å². The van der Waals surface area contributed by atoms with E-state index in [0.29, 0.717) is 0 Å². The van der Waals surface area contributed by atoms with Crippen molar-refractivity contribution in [1.29, 1.82) is 0 Å². The fourth-order valence-electron chi connectivity index (χ4n) is 8.21. The Labute approximate surface area is 322 Å². The third kappa shape index (κ3) is 5.40. The summed E-state index contributed by atoms with van der Waals surface area (Å²) in [6.45, 7) is 0. The Morgan fingerprint density at radius 1 is 0.364 bits per heavy atom. The first-order chi connectivity index (χ1) is 27.2. The summed E-state index contributed by atoms with van der Waals surface area (Å²) in [5.41, 5.74) is 12.3. The summed E-state index contributed by atoms with van der Waals surface area (Å²) < 4.78 is 8.70. The van der Waals surface area contributed by atoms with Crippen molar-refractivity contribution < 1.29 is 4.42 Å². The lowest BCUT2D eigenvalue weighted by atomic mass is 9.95. The van der Waals surface area contributed by atoms with E-state index in [4.69, 9.17) is 4.42 Å². The first kappa shape index (κ1) is 31.6. The number of fused-ring (bicyclic) bond motifs is 7. The van der Waals surface area contributed by atoms with Gasteiger partial charge in [0.25, 0.3) is 0 Å². The molecule has 2 heterocycles. The standard InChI is InChI=1S/C52H33NOS/c1-2-17-42-35(11-1)12-9-20-43(42)39-15-7-13-36(31-39)37-14-8-16-41(32-37)53(48-22-10-21-46-45-19-4-6-24-51(45)55-52(46)48)40-28-25-34(26-29-40)38-27-30-50-47(33-38)44-18-3-5-23-49(44)54-50/h1-33H. The third-order valence-electron chi connectivity index (χ3n) is 10.9. The Morgan fingerprint density at radius 2 is 1.00 bits per heavy atom. The lowest BCUT2D eigenvalue weighted by Gasteiger charge is -2.27. The van der Waals surface area contributed by atoms with Gasteiger partial charge in [-0.1, -0.05) is 140 Å². The summed E-state index contributed by atoms with van der Waals surface area (Å²) in [5.74, 6) is 0. The minimum atomic E-state index is 0.909. The molecule has 2 nitrogen and oxygen atoms in total. The summed E-state index contributed by atoms with van der Waals surface area (Å²) in [6, 6.07) is 72.3. The van der Waals surface area contributed by atoms with Crippen LogP contribution in [-0.2, 0) is 0 Å². The highest BCUT2D eigenvalue weighted by molar-refractivity contribution is 7.26. The number of para-hydroxylation sites is 1. The summed E-state index contributed by atoms with van der Waals surface area (Å²) in [6.07, 6.45) is 0. The van der Waals surface area contributed by atoms with E-state index in [-0.39, 0.29) is 0 Å². The van der Waals surface area contributed by atoms with Crippen LogP contribution in [0.15, 0.2) is 205 Å². The van der Waals surface area contributed by atoms with Crippen molar-refractivity contribution in [2.45, 2.75) is 0 Å². The normalized spacial score (nSPS) is 11.6. The van der Waals surface area contributed by atoms with E-state index >= 15 is 0 Å². The molecule has 0 saturated heterocycles. The summed E-state index contributed by atoms with van der Waals surface area (Å²) in [7, 11) is 0. The molecule has 3 heteroatoms. The van der Waals surface area contributed by atoms with Crippen molar-refractivity contribution >= 4 is 81.3 Å². The average Bonchev–Trinajstić information content (AvgIpc) is 3.83. The fraction of sp³-hybridized carbons (Fsp3) is 0. The van der Waals surface area contributed by atoms with Crippen LogP contribution in [0.5, 0.6) is 0 Å². The van der Waals surface area contributed by atoms with Crippen molar-refractivity contribution in [3.8, 4) is 33.4 Å². The second-order valence-corrected chi connectivity index (χ2v) is 15.2. The Kier molecular flexibility index (Phi) is 7.39. The average molecular weight is 720 g/mol. The minimum Gasteiger partial charge on any atom is -0.456 e. The minimum absolute atomic E-state index is 0.909. The second-order valence-electron chi connectivity index (χ2n) is 14.1. The van der Waals surface area contributed by atoms with Crippen LogP contribution in [0.25, 0.3) is 86.3 Å². The topological polar surface area (TPSA) is 16.4 Å². The molecule has 2 aromatic heterocycles. The lowest BCUT2D eigenvalue weighted by Crippen LogP contribution is -2.10. The molecule has 0 unspecified atom stereocenters. The first-order valence-electron chi connectivity index (χ1n) is 18.7. The molecular formula is C52H33NOS. The number of nitrogens with zero attached hydrogens (tertiary/aromatic N) is 1. The zero-order chi connectivity index (χ0) is 36.3. The Hall–Kier alpha value is -6.94. The van der Waals surface area contributed by atoms with Crippen molar-refractivity contribution in [2.75, 3.05) is 4.90 Å². The Morgan fingerprint density at radius 3 is 1.91 bits per heavy atom. The van der Waals surface area contributed by atoms with Gasteiger partial charge >= 0.3 is 0 Å². The van der Waals surface area contributed by atoms with Gasteiger partial charge in [0, 0.05) is 37.6 Å². The quantitative estimate of drug-likeness (QED) is 0.170. The molecule has 258 valence electrons. The molecular weight excluding hydrogens is 687 g/mol. The van der Waals surface area contributed by atoms with Crippen LogP contribution in [0.3, 0.4) is 0 Å². The van der Waals surface area contributed by atoms with Crippen LogP contribution in [0.2, 0.25) is 0 Å². The smallest absolute Gasteiger partial charge is 0.135 e. The molecule has 0 aliphatic heterocycles. The van der Waals surface area contributed by atoms with Crippen molar-refractivity contribution in [3.63, 3.8) is 0 Å². The molecule has 0 saturated carbocycles. The number of hydrogen-bond acceptors (Lipinski definition) is 3. The van der Waals surface area contributed by atoms with Crippen LogP contribution < -0.4 is 4.90 Å². The molecule has 0 aliphatic carbocycles. The van der Waals surface area contributed by atoms with Gasteiger partial charge in [-0.05, 0) is 105 Å². The monoisotopic (exact) mass is 719 g/mol. The number of benzene rings is 9. The molecule has 55 heavy (non-hydrogen) atoms. The van der Waals surface area contributed by atoms with Gasteiger partial charge in [-0.2, -0.15) is 0 Å². The van der Waals surface area contributed by atoms with E-state index in [1.165, 1.54) is 58.9 Å². The fourth-order valence-corrected chi connectivity index (χ4v) is 9.42. The van der Waals surface area contributed by atoms with Crippen LogP contribution in [0.1, 0.15) is 0 Å². The van der Waals surface area contributed by atoms with E-state index in [9.17, 15) is 0 Å². The molecule has 0 spiro atoms. The Balaban J connectivity index is 1.04. The molecule has 0 N–H and O–H groups in total. The molecule has 0 atom stereocenters. The van der Waals surface area contributed by atoms with Gasteiger partial charge in [0.15, 0.2) is 0 Å². The van der Waals surface area contributed by atoms with E-state index in [0.717, 1.165) is 44.4 Å². The number of thiophene rings is 1. The van der Waals surface area contributed by atoms with Gasteiger partial charge in [-0.15, -0.1) is 11.3 Å². The SMILES string of the molecule is c1cc(-c2cccc(N(c3ccc(-c4ccc5oc6ccccc6c5c4)cc3)c3cccc4c3sc3ccccc34)c2)cc(-c2cccc3ccccc23)c1. The number of hydrogen-bond donors (Lipinski definition) is 0. The predicted octanol–water partition coefficient (Wildman–Crippen LogP) is 15.6. The van der Waals surface area contributed by atoms with Gasteiger partial charge in [0.05, 0.1) is 10.4 Å².